The van der Waals surface area contributed by atoms with Crippen LogP contribution in [-0.2, 0) is 0 Å². The zero-order valence-electron chi connectivity index (χ0n) is 16.6. The summed E-state index contributed by atoms with van der Waals surface area (Å²) in [6.07, 6.45) is 1.59. The van der Waals surface area contributed by atoms with Crippen molar-refractivity contribution >= 4 is 16.8 Å². The number of hydrogen-bond acceptors (Lipinski definition) is 5. The summed E-state index contributed by atoms with van der Waals surface area (Å²) < 4.78 is 25.4. The number of carbonyl (C=O) groups is 1. The molecule has 1 amide bonds. The maximum Gasteiger partial charge on any atom is 0.254 e. The van der Waals surface area contributed by atoms with Crippen LogP contribution in [0.2, 0.25) is 0 Å². The first kappa shape index (κ1) is 19.4. The second kappa shape index (κ2) is 7.82. The first-order valence-electron chi connectivity index (χ1n) is 9.15. The average Bonchev–Trinajstić information content (AvgIpc) is 3.20. The molecular formula is C22H19FN4O3. The molecule has 0 fully saturated rings. The van der Waals surface area contributed by atoms with Crippen molar-refractivity contribution in [3.63, 3.8) is 0 Å². The van der Waals surface area contributed by atoms with E-state index in [-0.39, 0.29) is 11.5 Å². The molecule has 0 aliphatic carbocycles. The summed E-state index contributed by atoms with van der Waals surface area (Å²) in [4.78, 5) is 16.6. The van der Waals surface area contributed by atoms with Crippen molar-refractivity contribution in [1.29, 1.82) is 0 Å². The lowest BCUT2D eigenvalue weighted by molar-refractivity contribution is 0.0960. The number of hydrogen-bond donors (Lipinski definition) is 2. The molecule has 2 aromatic heterocycles. The molecule has 0 radical (unpaired) electrons. The van der Waals surface area contributed by atoms with Crippen LogP contribution in [0.1, 0.15) is 10.4 Å². The number of pyridine rings is 1. The van der Waals surface area contributed by atoms with Crippen LogP contribution in [0, 0.1) is 5.82 Å². The molecule has 0 spiro atoms. The van der Waals surface area contributed by atoms with Crippen molar-refractivity contribution in [3.05, 3.63) is 60.0 Å². The summed E-state index contributed by atoms with van der Waals surface area (Å²) in [5, 5.41) is 10.6. The summed E-state index contributed by atoms with van der Waals surface area (Å²) in [6, 6.07) is 11.6. The Balaban J connectivity index is 1.94. The van der Waals surface area contributed by atoms with Crippen molar-refractivity contribution in [2.45, 2.75) is 0 Å². The zero-order chi connectivity index (χ0) is 21.3. The molecule has 4 rings (SSSR count). The Morgan fingerprint density at radius 2 is 1.93 bits per heavy atom. The molecule has 0 aliphatic heterocycles. The minimum atomic E-state index is -0.439. The molecule has 30 heavy (non-hydrogen) atoms. The minimum Gasteiger partial charge on any atom is -0.496 e. The van der Waals surface area contributed by atoms with Crippen LogP contribution in [0.15, 0.2) is 48.7 Å². The topological polar surface area (TPSA) is 89.1 Å². The van der Waals surface area contributed by atoms with Gasteiger partial charge in [0.05, 0.1) is 42.8 Å². The van der Waals surface area contributed by atoms with Gasteiger partial charge in [-0.05, 0) is 30.3 Å². The number of nitrogens with zero attached hydrogens (tertiary/aromatic N) is 2. The molecule has 0 aliphatic rings. The molecule has 0 bridgehead atoms. The number of ether oxygens (including phenoxy) is 2. The van der Waals surface area contributed by atoms with E-state index in [9.17, 15) is 9.18 Å². The summed E-state index contributed by atoms with van der Waals surface area (Å²) in [5.41, 5.74) is 2.91. The van der Waals surface area contributed by atoms with Gasteiger partial charge in [0.1, 0.15) is 23.0 Å². The normalized spacial score (nSPS) is 10.8. The number of methoxy groups -OCH3 is 2. The van der Waals surface area contributed by atoms with Gasteiger partial charge in [-0.15, -0.1) is 0 Å². The fourth-order valence-corrected chi connectivity index (χ4v) is 3.44. The Morgan fingerprint density at radius 3 is 2.67 bits per heavy atom. The highest BCUT2D eigenvalue weighted by Gasteiger charge is 2.21. The van der Waals surface area contributed by atoms with Crippen molar-refractivity contribution < 1.29 is 18.7 Å². The van der Waals surface area contributed by atoms with E-state index in [0.717, 1.165) is 0 Å². The lowest BCUT2D eigenvalue weighted by atomic mass is 10.0. The highest BCUT2D eigenvalue weighted by molar-refractivity contribution is 6.02. The Morgan fingerprint density at radius 1 is 1.13 bits per heavy atom. The highest BCUT2D eigenvalue weighted by Crippen LogP contribution is 2.38. The van der Waals surface area contributed by atoms with Crippen molar-refractivity contribution in [2.75, 3.05) is 21.3 Å². The van der Waals surface area contributed by atoms with E-state index in [1.807, 2.05) is 6.07 Å². The Hall–Kier alpha value is -3.94. The molecular weight excluding hydrogens is 387 g/mol. The number of aromatic nitrogens is 3. The number of nitrogens with one attached hydrogen (secondary N) is 2. The van der Waals surface area contributed by atoms with Gasteiger partial charge in [-0.2, -0.15) is 5.10 Å². The fraction of sp³-hybridized carbons (Fsp3) is 0.136. The predicted octanol–water partition coefficient (Wildman–Crippen LogP) is 3.81. The number of halogens is 1. The largest absolute Gasteiger partial charge is 0.496 e. The van der Waals surface area contributed by atoms with Crippen LogP contribution >= 0.6 is 0 Å². The highest BCUT2D eigenvalue weighted by atomic mass is 19.1. The molecule has 2 aromatic carbocycles. The average molecular weight is 406 g/mol. The molecule has 2 N–H and O–H groups in total. The number of para-hydroxylation sites is 1. The molecule has 0 saturated heterocycles. The number of H-pyrrole nitrogens is 1. The SMILES string of the molecule is CNC(=O)c1cccc(-c2n[nH]c3cnc(-c4c(F)cccc4OC)cc23)c1OC. The zero-order valence-corrected chi connectivity index (χ0v) is 16.6. The second-order valence-corrected chi connectivity index (χ2v) is 6.47. The third-order valence-electron chi connectivity index (χ3n) is 4.84. The number of benzene rings is 2. The molecule has 0 unspecified atom stereocenters. The van der Waals surface area contributed by atoms with Gasteiger partial charge in [-0.3, -0.25) is 14.9 Å². The lowest BCUT2D eigenvalue weighted by Crippen LogP contribution is -2.18. The van der Waals surface area contributed by atoms with E-state index in [1.165, 1.54) is 20.3 Å². The van der Waals surface area contributed by atoms with E-state index in [4.69, 9.17) is 9.47 Å². The van der Waals surface area contributed by atoms with Crippen molar-refractivity contribution in [3.8, 4) is 34.0 Å². The van der Waals surface area contributed by atoms with Gasteiger partial charge in [0.15, 0.2) is 0 Å². The number of carbonyl (C=O) groups excluding carboxylic acids is 1. The van der Waals surface area contributed by atoms with Crippen LogP contribution in [0.4, 0.5) is 4.39 Å². The maximum atomic E-state index is 14.6. The minimum absolute atomic E-state index is 0.264. The Labute approximate surface area is 171 Å². The van der Waals surface area contributed by atoms with Crippen molar-refractivity contribution in [2.24, 2.45) is 0 Å². The Kier molecular flexibility index (Phi) is 5.05. The number of fused-ring (bicyclic) bond motifs is 1. The van der Waals surface area contributed by atoms with E-state index in [0.29, 0.717) is 44.9 Å². The van der Waals surface area contributed by atoms with Crippen molar-refractivity contribution in [1.82, 2.24) is 20.5 Å². The van der Waals surface area contributed by atoms with Gasteiger partial charge in [0.25, 0.3) is 5.91 Å². The van der Waals surface area contributed by atoms with Gasteiger partial charge >= 0.3 is 0 Å². The van der Waals surface area contributed by atoms with E-state index in [2.05, 4.69) is 20.5 Å². The molecule has 0 atom stereocenters. The van der Waals surface area contributed by atoms with Gasteiger partial charge in [0.2, 0.25) is 0 Å². The molecule has 7 nitrogen and oxygen atoms in total. The van der Waals surface area contributed by atoms with Gasteiger partial charge < -0.3 is 14.8 Å². The summed E-state index contributed by atoms with van der Waals surface area (Å²) in [6.45, 7) is 0. The summed E-state index contributed by atoms with van der Waals surface area (Å²) in [5.74, 6) is 0.0654. The van der Waals surface area contributed by atoms with Gasteiger partial charge in [-0.1, -0.05) is 12.1 Å². The fourth-order valence-electron chi connectivity index (χ4n) is 3.44. The third-order valence-corrected chi connectivity index (χ3v) is 4.84. The van der Waals surface area contributed by atoms with Crippen LogP contribution in [-0.4, -0.2) is 42.4 Å². The van der Waals surface area contributed by atoms with Gasteiger partial charge in [0, 0.05) is 18.0 Å². The summed E-state index contributed by atoms with van der Waals surface area (Å²) >= 11 is 0. The van der Waals surface area contributed by atoms with Crippen LogP contribution in [0.5, 0.6) is 11.5 Å². The summed E-state index contributed by atoms with van der Waals surface area (Å²) in [7, 11) is 4.53. The monoisotopic (exact) mass is 406 g/mol. The standard InChI is InChI=1S/C22H19FN4O3/c1-24-22(28)13-7-4-6-12(21(13)30-3)20-14-10-16(25-11-17(14)26-27-20)19-15(23)8-5-9-18(19)29-2/h4-11H,1-3H3,(H,24,28)(H,26,27). The third kappa shape index (κ3) is 3.12. The molecule has 152 valence electrons. The molecule has 4 aromatic rings. The number of aromatic amines is 1. The van der Waals surface area contributed by atoms with E-state index < -0.39 is 5.82 Å². The molecule has 0 saturated carbocycles. The second-order valence-electron chi connectivity index (χ2n) is 6.47. The van der Waals surface area contributed by atoms with Crippen LogP contribution in [0.25, 0.3) is 33.4 Å². The Bertz CT molecular complexity index is 1250. The predicted molar refractivity (Wildman–Crippen MR) is 111 cm³/mol. The van der Waals surface area contributed by atoms with E-state index in [1.54, 1.807) is 43.6 Å². The first-order chi connectivity index (χ1) is 14.6. The molecule has 2 heterocycles. The maximum absolute atomic E-state index is 14.6. The van der Waals surface area contributed by atoms with Gasteiger partial charge in [-0.25, -0.2) is 4.39 Å². The quantitative estimate of drug-likeness (QED) is 0.526. The number of rotatable bonds is 5. The van der Waals surface area contributed by atoms with E-state index >= 15 is 0 Å². The smallest absolute Gasteiger partial charge is 0.254 e. The lowest BCUT2D eigenvalue weighted by Gasteiger charge is -2.12. The molecule has 8 heteroatoms. The van der Waals surface area contributed by atoms with Crippen LogP contribution in [0.3, 0.4) is 0 Å². The number of amides is 1. The first-order valence-corrected chi connectivity index (χ1v) is 9.15. The van der Waals surface area contributed by atoms with Crippen LogP contribution < -0.4 is 14.8 Å².